The van der Waals surface area contributed by atoms with Gasteiger partial charge in [0.05, 0.1) is 6.61 Å². The van der Waals surface area contributed by atoms with Crippen LogP contribution in [0.5, 0.6) is 5.75 Å². The lowest BCUT2D eigenvalue weighted by Gasteiger charge is -2.37. The van der Waals surface area contributed by atoms with Gasteiger partial charge in [0.2, 0.25) is 0 Å². The molecule has 1 aromatic carbocycles. The number of thioether (sulfide) groups is 1. The highest BCUT2D eigenvalue weighted by Crippen LogP contribution is 2.24. The average molecular weight is 280 g/mol. The highest BCUT2D eigenvalue weighted by Gasteiger charge is 2.24. The summed E-state index contributed by atoms with van der Waals surface area (Å²) >= 11 is 2.08. The third-order valence-electron chi connectivity index (χ3n) is 3.75. The topological polar surface area (TPSA) is 38.5 Å². The Balaban J connectivity index is 1.67. The van der Waals surface area contributed by atoms with Crippen LogP contribution in [0.4, 0.5) is 5.69 Å². The van der Waals surface area contributed by atoms with Crippen LogP contribution in [-0.4, -0.2) is 41.6 Å². The quantitative estimate of drug-likeness (QED) is 0.665. The van der Waals surface area contributed by atoms with Crippen LogP contribution in [0.2, 0.25) is 0 Å². The van der Waals surface area contributed by atoms with Crippen molar-refractivity contribution in [2.45, 2.75) is 31.6 Å². The van der Waals surface area contributed by atoms with Crippen molar-refractivity contribution in [1.29, 1.82) is 0 Å². The van der Waals surface area contributed by atoms with E-state index in [2.05, 4.69) is 30.5 Å². The van der Waals surface area contributed by atoms with E-state index in [4.69, 9.17) is 10.5 Å². The van der Waals surface area contributed by atoms with Crippen LogP contribution < -0.4 is 10.5 Å². The second-order valence-electron chi connectivity index (χ2n) is 5.12. The van der Waals surface area contributed by atoms with Crippen LogP contribution in [-0.2, 0) is 0 Å². The van der Waals surface area contributed by atoms with Crippen LogP contribution in [0.15, 0.2) is 24.3 Å². The van der Waals surface area contributed by atoms with Gasteiger partial charge in [0, 0.05) is 35.8 Å². The molecule has 2 unspecified atom stereocenters. The maximum Gasteiger partial charge on any atom is 0.119 e. The summed E-state index contributed by atoms with van der Waals surface area (Å²) in [6.07, 6.45) is 1.08. The summed E-state index contributed by atoms with van der Waals surface area (Å²) in [5.74, 6) is 2.16. The first-order valence-corrected chi connectivity index (χ1v) is 8.05. The molecule has 2 atom stereocenters. The van der Waals surface area contributed by atoms with E-state index in [1.165, 1.54) is 12.3 Å². The monoisotopic (exact) mass is 280 g/mol. The van der Waals surface area contributed by atoms with E-state index in [-0.39, 0.29) is 0 Å². The van der Waals surface area contributed by atoms with E-state index < -0.39 is 0 Å². The van der Waals surface area contributed by atoms with Crippen molar-refractivity contribution in [3.05, 3.63) is 24.3 Å². The number of anilines is 1. The van der Waals surface area contributed by atoms with Gasteiger partial charge in [-0.05, 0) is 37.6 Å². The molecule has 0 spiro atoms. The molecular weight excluding hydrogens is 256 g/mol. The molecule has 2 N–H and O–H groups in total. The lowest BCUT2D eigenvalue weighted by molar-refractivity contribution is 0.191. The van der Waals surface area contributed by atoms with Crippen LogP contribution in [0.1, 0.15) is 20.3 Å². The summed E-state index contributed by atoms with van der Waals surface area (Å²) in [5.41, 5.74) is 6.42. The molecule has 0 bridgehead atoms. The number of ether oxygens (including phenoxy) is 1. The maximum atomic E-state index is 5.73. The number of nitrogens with two attached hydrogens (primary N) is 1. The second-order valence-corrected chi connectivity index (χ2v) is 6.61. The number of rotatable bonds is 5. The van der Waals surface area contributed by atoms with Gasteiger partial charge in [-0.25, -0.2) is 0 Å². The Kier molecular flexibility index (Phi) is 5.40. The zero-order valence-corrected chi connectivity index (χ0v) is 12.7. The molecule has 1 aliphatic rings. The number of hydrogen-bond acceptors (Lipinski definition) is 4. The fraction of sp³-hybridized carbons (Fsp3) is 0.600. The first-order chi connectivity index (χ1) is 9.16. The molecule has 3 nitrogen and oxygen atoms in total. The minimum atomic E-state index is 0.676. The van der Waals surface area contributed by atoms with Gasteiger partial charge in [0.1, 0.15) is 5.75 Å². The van der Waals surface area contributed by atoms with Gasteiger partial charge in [0.15, 0.2) is 0 Å². The number of nitrogen functional groups attached to an aromatic ring is 1. The second kappa shape index (κ2) is 7.06. The van der Waals surface area contributed by atoms with E-state index in [1.54, 1.807) is 0 Å². The molecule has 4 heteroatoms. The van der Waals surface area contributed by atoms with Crippen molar-refractivity contribution in [2.24, 2.45) is 0 Å². The van der Waals surface area contributed by atoms with Crippen LogP contribution in [0, 0.1) is 0 Å². The Morgan fingerprint density at radius 3 is 2.79 bits per heavy atom. The minimum Gasteiger partial charge on any atom is -0.494 e. The molecule has 1 fully saturated rings. The van der Waals surface area contributed by atoms with Crippen molar-refractivity contribution in [3.8, 4) is 5.75 Å². The summed E-state index contributed by atoms with van der Waals surface area (Å²) in [7, 11) is 0. The number of hydrogen-bond donors (Lipinski definition) is 1. The molecule has 1 aromatic rings. The van der Waals surface area contributed by atoms with Crippen LogP contribution >= 0.6 is 11.8 Å². The van der Waals surface area contributed by atoms with Gasteiger partial charge < -0.3 is 10.5 Å². The largest absolute Gasteiger partial charge is 0.494 e. The Bertz CT molecular complexity index is 382. The van der Waals surface area contributed by atoms with E-state index in [9.17, 15) is 0 Å². The average Bonchev–Trinajstić information content (AvgIpc) is 2.41. The van der Waals surface area contributed by atoms with Crippen LogP contribution in [0.3, 0.4) is 0 Å². The van der Waals surface area contributed by atoms with Crippen molar-refractivity contribution in [2.75, 3.05) is 31.2 Å². The van der Waals surface area contributed by atoms with Crippen LogP contribution in [0.25, 0.3) is 0 Å². The van der Waals surface area contributed by atoms with Gasteiger partial charge in [-0.2, -0.15) is 11.8 Å². The molecule has 1 saturated heterocycles. The molecule has 19 heavy (non-hydrogen) atoms. The van der Waals surface area contributed by atoms with E-state index in [0.717, 1.165) is 36.3 Å². The minimum absolute atomic E-state index is 0.676. The number of nitrogens with zero attached hydrogens (tertiary/aromatic N) is 1. The summed E-state index contributed by atoms with van der Waals surface area (Å²) in [5, 5.41) is 0.742. The highest BCUT2D eigenvalue weighted by atomic mass is 32.2. The summed E-state index contributed by atoms with van der Waals surface area (Å²) in [6.45, 7) is 7.76. The predicted molar refractivity (Wildman–Crippen MR) is 83.9 cm³/mol. The van der Waals surface area contributed by atoms with Gasteiger partial charge in [-0.15, -0.1) is 0 Å². The Hall–Kier alpha value is -0.870. The van der Waals surface area contributed by atoms with Gasteiger partial charge >= 0.3 is 0 Å². The van der Waals surface area contributed by atoms with E-state index in [1.807, 2.05) is 24.3 Å². The molecule has 1 heterocycles. The molecule has 0 aromatic heterocycles. The Morgan fingerprint density at radius 2 is 2.05 bits per heavy atom. The zero-order chi connectivity index (χ0) is 13.7. The van der Waals surface area contributed by atoms with Gasteiger partial charge in [-0.1, -0.05) is 6.92 Å². The molecule has 106 valence electrons. The first kappa shape index (κ1) is 14.5. The SMILES string of the molecule is CC1SCCN(CCCOc2ccc(N)cc2)C1C. The third-order valence-corrected chi connectivity index (χ3v) is 5.09. The molecule has 2 rings (SSSR count). The molecule has 0 aliphatic carbocycles. The normalized spacial score (nSPS) is 24.3. The molecular formula is C15H24N2OS. The lowest BCUT2D eigenvalue weighted by Crippen LogP contribution is -2.45. The van der Waals surface area contributed by atoms with Crippen molar-refractivity contribution < 1.29 is 4.74 Å². The highest BCUT2D eigenvalue weighted by molar-refractivity contribution is 8.00. The number of benzene rings is 1. The lowest BCUT2D eigenvalue weighted by atomic mass is 10.2. The molecule has 0 saturated carbocycles. The third kappa shape index (κ3) is 4.32. The van der Waals surface area contributed by atoms with Crippen molar-refractivity contribution in [3.63, 3.8) is 0 Å². The summed E-state index contributed by atoms with van der Waals surface area (Å²) < 4.78 is 5.73. The van der Waals surface area contributed by atoms with E-state index in [0.29, 0.717) is 6.04 Å². The Morgan fingerprint density at radius 1 is 1.32 bits per heavy atom. The molecule has 1 aliphatic heterocycles. The molecule has 0 radical (unpaired) electrons. The summed E-state index contributed by atoms with van der Waals surface area (Å²) in [6, 6.07) is 8.28. The predicted octanol–water partition coefficient (Wildman–Crippen LogP) is 2.86. The molecule has 0 amide bonds. The van der Waals surface area contributed by atoms with E-state index >= 15 is 0 Å². The fourth-order valence-electron chi connectivity index (χ4n) is 2.33. The summed E-state index contributed by atoms with van der Waals surface area (Å²) in [4.78, 5) is 2.58. The zero-order valence-electron chi connectivity index (χ0n) is 11.8. The Labute approximate surface area is 120 Å². The standard InChI is InChI=1S/C15H24N2OS/c1-12-13(2)19-11-9-17(12)8-3-10-18-15-6-4-14(16)5-7-15/h4-7,12-13H,3,8-11,16H2,1-2H3. The van der Waals surface area contributed by atoms with Gasteiger partial charge in [-0.3, -0.25) is 4.90 Å². The maximum absolute atomic E-state index is 5.73. The van der Waals surface area contributed by atoms with Crippen molar-refractivity contribution in [1.82, 2.24) is 4.90 Å². The van der Waals surface area contributed by atoms with Crippen molar-refractivity contribution >= 4 is 17.4 Å². The fourth-order valence-corrected chi connectivity index (χ4v) is 3.50. The first-order valence-electron chi connectivity index (χ1n) is 7.01. The smallest absolute Gasteiger partial charge is 0.119 e. The van der Waals surface area contributed by atoms with Gasteiger partial charge in [0.25, 0.3) is 0 Å².